The van der Waals surface area contributed by atoms with Crippen LogP contribution in [0.1, 0.15) is 38.0 Å². The van der Waals surface area contributed by atoms with E-state index < -0.39 is 21.6 Å². The van der Waals surface area contributed by atoms with Gasteiger partial charge in [-0.3, -0.25) is 4.18 Å². The van der Waals surface area contributed by atoms with Crippen LogP contribution in [-0.2, 0) is 14.3 Å². The fraction of sp³-hybridized carbons (Fsp3) is 0.333. The quantitative estimate of drug-likeness (QED) is 0.765. The third kappa shape index (κ3) is 4.39. The Hall–Kier alpha value is -1.72. The molecular formula is C18H21FO3S. The molecule has 0 fully saturated rings. The molecular weight excluding hydrogens is 315 g/mol. The van der Waals surface area contributed by atoms with Gasteiger partial charge in [0.15, 0.2) is 0 Å². The van der Waals surface area contributed by atoms with E-state index in [1.807, 2.05) is 27.7 Å². The predicted molar refractivity (Wildman–Crippen MR) is 88.0 cm³/mol. The highest BCUT2D eigenvalue weighted by molar-refractivity contribution is 7.86. The summed E-state index contributed by atoms with van der Waals surface area (Å²) in [4.78, 5) is 0.111. The molecule has 0 saturated carbocycles. The highest BCUT2D eigenvalue weighted by Gasteiger charge is 2.32. The molecule has 0 aliphatic heterocycles. The standard InChI is InChI=1S/C18H21FO3S/c1-13-5-11-16(12-6-13)23(20,21)22-17(18(2,3)4)14-7-9-15(19)10-8-14/h5-12,17H,1-4H3. The predicted octanol–water partition coefficient (Wildman–Crippen LogP) is 4.63. The van der Waals surface area contributed by atoms with Gasteiger partial charge in [0.05, 0.1) is 4.90 Å². The van der Waals surface area contributed by atoms with Crippen molar-refractivity contribution in [3.8, 4) is 0 Å². The van der Waals surface area contributed by atoms with Crippen LogP contribution < -0.4 is 0 Å². The van der Waals surface area contributed by atoms with Gasteiger partial charge in [0.25, 0.3) is 10.1 Å². The van der Waals surface area contributed by atoms with Crippen LogP contribution >= 0.6 is 0 Å². The Labute approximate surface area is 137 Å². The first-order chi connectivity index (χ1) is 10.6. The number of benzene rings is 2. The molecule has 2 rings (SSSR count). The van der Waals surface area contributed by atoms with Crippen molar-refractivity contribution < 1.29 is 17.0 Å². The van der Waals surface area contributed by atoms with E-state index in [1.54, 1.807) is 24.3 Å². The molecule has 2 aromatic carbocycles. The van der Waals surface area contributed by atoms with Crippen LogP contribution in [0.5, 0.6) is 0 Å². The summed E-state index contributed by atoms with van der Waals surface area (Å²) in [6.45, 7) is 7.52. The number of hydrogen-bond donors (Lipinski definition) is 0. The summed E-state index contributed by atoms with van der Waals surface area (Å²) in [5, 5.41) is 0. The molecule has 3 nitrogen and oxygen atoms in total. The van der Waals surface area contributed by atoms with Gasteiger partial charge in [0.2, 0.25) is 0 Å². The Morgan fingerprint density at radius 3 is 1.96 bits per heavy atom. The Bertz CT molecular complexity index is 757. The molecule has 0 aliphatic rings. The zero-order valence-electron chi connectivity index (χ0n) is 13.7. The second-order valence-electron chi connectivity index (χ2n) is 6.66. The van der Waals surface area contributed by atoms with Crippen molar-refractivity contribution in [2.45, 2.75) is 38.7 Å². The average Bonchev–Trinajstić information content (AvgIpc) is 2.45. The highest BCUT2D eigenvalue weighted by atomic mass is 32.2. The van der Waals surface area contributed by atoms with Crippen LogP contribution in [0.2, 0.25) is 0 Å². The van der Waals surface area contributed by atoms with Crippen molar-refractivity contribution >= 4 is 10.1 Å². The lowest BCUT2D eigenvalue weighted by Gasteiger charge is -2.30. The molecule has 5 heteroatoms. The molecule has 0 aromatic heterocycles. The Morgan fingerprint density at radius 2 is 1.48 bits per heavy atom. The van der Waals surface area contributed by atoms with E-state index in [4.69, 9.17) is 4.18 Å². The smallest absolute Gasteiger partial charge is 0.258 e. The molecule has 0 N–H and O–H groups in total. The van der Waals surface area contributed by atoms with E-state index in [0.717, 1.165) is 5.56 Å². The van der Waals surface area contributed by atoms with Crippen molar-refractivity contribution in [1.82, 2.24) is 0 Å². The molecule has 0 heterocycles. The Morgan fingerprint density at radius 1 is 0.957 bits per heavy atom. The van der Waals surface area contributed by atoms with Crippen molar-refractivity contribution in [3.05, 3.63) is 65.5 Å². The third-order valence-corrected chi connectivity index (χ3v) is 4.79. The van der Waals surface area contributed by atoms with Crippen LogP contribution in [0.4, 0.5) is 4.39 Å². The summed E-state index contributed by atoms with van der Waals surface area (Å²) >= 11 is 0. The molecule has 0 amide bonds. The van der Waals surface area contributed by atoms with Gasteiger partial charge in [-0.2, -0.15) is 8.42 Å². The minimum atomic E-state index is -3.91. The summed E-state index contributed by atoms with van der Waals surface area (Å²) < 4.78 is 43.7. The lowest BCUT2D eigenvalue weighted by Crippen LogP contribution is -2.24. The van der Waals surface area contributed by atoms with Gasteiger partial charge < -0.3 is 0 Å². The van der Waals surface area contributed by atoms with E-state index in [-0.39, 0.29) is 10.7 Å². The molecule has 0 radical (unpaired) electrons. The zero-order valence-corrected chi connectivity index (χ0v) is 14.5. The molecule has 124 valence electrons. The lowest BCUT2D eigenvalue weighted by molar-refractivity contribution is 0.0933. The Balaban J connectivity index is 2.38. The molecule has 2 aromatic rings. The SMILES string of the molecule is Cc1ccc(S(=O)(=O)OC(c2ccc(F)cc2)C(C)(C)C)cc1. The minimum Gasteiger partial charge on any atom is -0.258 e. The average molecular weight is 336 g/mol. The van der Waals surface area contributed by atoms with Crippen LogP contribution in [-0.4, -0.2) is 8.42 Å². The van der Waals surface area contributed by atoms with Crippen LogP contribution in [0.25, 0.3) is 0 Å². The molecule has 1 unspecified atom stereocenters. The lowest BCUT2D eigenvalue weighted by atomic mass is 9.85. The second kappa shape index (κ2) is 6.42. The van der Waals surface area contributed by atoms with Crippen molar-refractivity contribution in [2.75, 3.05) is 0 Å². The summed E-state index contributed by atoms with van der Waals surface area (Å²) in [5.74, 6) is -0.372. The molecule has 1 atom stereocenters. The number of halogens is 1. The summed E-state index contributed by atoms with van der Waals surface area (Å²) in [7, 11) is -3.91. The van der Waals surface area contributed by atoms with Gasteiger partial charge in [-0.05, 0) is 42.2 Å². The Kier molecular flexibility index (Phi) is 4.92. The molecule has 0 spiro atoms. The molecule has 0 aliphatic carbocycles. The number of aryl methyl sites for hydroxylation is 1. The van der Waals surface area contributed by atoms with E-state index in [1.165, 1.54) is 24.3 Å². The minimum absolute atomic E-state index is 0.111. The van der Waals surface area contributed by atoms with Crippen molar-refractivity contribution in [2.24, 2.45) is 5.41 Å². The molecule has 23 heavy (non-hydrogen) atoms. The second-order valence-corrected chi connectivity index (χ2v) is 8.23. The zero-order chi connectivity index (χ0) is 17.3. The summed E-state index contributed by atoms with van der Waals surface area (Å²) in [6.07, 6.45) is -0.714. The molecule has 0 saturated heterocycles. The van der Waals surface area contributed by atoms with Gasteiger partial charge in [-0.1, -0.05) is 50.6 Å². The normalized spacial score (nSPS) is 13.8. The van der Waals surface area contributed by atoms with E-state index >= 15 is 0 Å². The van der Waals surface area contributed by atoms with E-state index in [9.17, 15) is 12.8 Å². The molecule has 0 bridgehead atoms. The van der Waals surface area contributed by atoms with Crippen LogP contribution in [0.3, 0.4) is 0 Å². The number of hydrogen-bond acceptors (Lipinski definition) is 3. The van der Waals surface area contributed by atoms with Gasteiger partial charge in [-0.25, -0.2) is 4.39 Å². The summed E-state index contributed by atoms with van der Waals surface area (Å²) in [6, 6.07) is 12.2. The van der Waals surface area contributed by atoms with Gasteiger partial charge in [0, 0.05) is 0 Å². The van der Waals surface area contributed by atoms with Gasteiger partial charge >= 0.3 is 0 Å². The van der Waals surface area contributed by atoms with Crippen molar-refractivity contribution in [3.63, 3.8) is 0 Å². The third-order valence-electron chi connectivity index (χ3n) is 3.49. The maximum absolute atomic E-state index is 13.1. The maximum atomic E-state index is 13.1. The monoisotopic (exact) mass is 336 g/mol. The van der Waals surface area contributed by atoms with E-state index in [0.29, 0.717) is 5.56 Å². The number of rotatable bonds is 4. The van der Waals surface area contributed by atoms with Crippen LogP contribution in [0, 0.1) is 18.2 Å². The topological polar surface area (TPSA) is 43.4 Å². The summed E-state index contributed by atoms with van der Waals surface area (Å²) in [5.41, 5.74) is 1.11. The first-order valence-corrected chi connectivity index (χ1v) is 8.76. The fourth-order valence-corrected chi connectivity index (χ4v) is 3.46. The van der Waals surface area contributed by atoms with Crippen LogP contribution in [0.15, 0.2) is 53.4 Å². The van der Waals surface area contributed by atoms with Crippen molar-refractivity contribution in [1.29, 1.82) is 0 Å². The first kappa shape index (κ1) is 17.6. The fourth-order valence-electron chi connectivity index (χ4n) is 2.22. The largest absolute Gasteiger partial charge is 0.297 e. The van der Waals surface area contributed by atoms with E-state index in [2.05, 4.69) is 0 Å². The first-order valence-electron chi connectivity index (χ1n) is 7.35. The van der Waals surface area contributed by atoms with Gasteiger partial charge in [-0.15, -0.1) is 0 Å². The highest BCUT2D eigenvalue weighted by Crippen LogP contribution is 2.38. The van der Waals surface area contributed by atoms with Gasteiger partial charge in [0.1, 0.15) is 11.9 Å². The maximum Gasteiger partial charge on any atom is 0.297 e.